The molecule has 29 heavy (non-hydrogen) atoms. The predicted octanol–water partition coefficient (Wildman–Crippen LogP) is 5.32. The lowest BCUT2D eigenvalue weighted by molar-refractivity contribution is -0.114. The van der Waals surface area contributed by atoms with Gasteiger partial charge in [0.15, 0.2) is 5.17 Å². The van der Waals surface area contributed by atoms with E-state index in [1.807, 2.05) is 30.3 Å². The highest BCUT2D eigenvalue weighted by Crippen LogP contribution is 2.33. The van der Waals surface area contributed by atoms with E-state index in [0.29, 0.717) is 16.3 Å². The number of amidine groups is 3. The molecule has 2 heterocycles. The summed E-state index contributed by atoms with van der Waals surface area (Å²) in [6.45, 7) is 4.28. The smallest absolute Gasteiger partial charge is 0.283 e. The number of rotatable bonds is 4. The highest BCUT2D eigenvalue weighted by molar-refractivity contribution is 8.18. The standard InChI is InChI=1S/C22H20N4OS2/c1-14(2)17-10-8-15(9-11-17)12-18-19(23)26-21(24-20(18)27)29-25-22(26)28-13-16-6-4-3-5-7-16/h3-12,14,23H,13H2,1-2H3. The van der Waals surface area contributed by atoms with Gasteiger partial charge < -0.3 is 0 Å². The highest BCUT2D eigenvalue weighted by Gasteiger charge is 2.37. The molecule has 2 aromatic carbocycles. The lowest BCUT2D eigenvalue weighted by Gasteiger charge is -2.24. The van der Waals surface area contributed by atoms with Crippen molar-refractivity contribution in [2.75, 3.05) is 0 Å². The molecule has 0 unspecified atom stereocenters. The van der Waals surface area contributed by atoms with E-state index in [-0.39, 0.29) is 11.4 Å². The molecule has 7 heteroatoms. The van der Waals surface area contributed by atoms with Gasteiger partial charge in [-0.2, -0.15) is 9.39 Å². The fourth-order valence-corrected chi connectivity index (χ4v) is 4.76. The van der Waals surface area contributed by atoms with Crippen LogP contribution in [0.1, 0.15) is 36.5 Å². The molecule has 5 nitrogen and oxygen atoms in total. The number of carbonyl (C=O) groups excluding carboxylic acids is 1. The van der Waals surface area contributed by atoms with Crippen LogP contribution in [-0.4, -0.2) is 27.0 Å². The number of hydrogen-bond acceptors (Lipinski definition) is 5. The number of hydrogen-bond donors (Lipinski definition) is 1. The molecule has 2 aliphatic rings. The molecule has 4 rings (SSSR count). The van der Waals surface area contributed by atoms with Gasteiger partial charge in [-0.15, -0.1) is 0 Å². The molecule has 0 spiro atoms. The normalized spacial score (nSPS) is 17.6. The molecule has 0 radical (unpaired) electrons. The minimum atomic E-state index is -0.397. The van der Waals surface area contributed by atoms with Gasteiger partial charge in [0, 0.05) is 5.75 Å². The zero-order valence-corrected chi connectivity index (χ0v) is 17.8. The Bertz CT molecular complexity index is 1040. The lowest BCUT2D eigenvalue weighted by atomic mass is 10.0. The van der Waals surface area contributed by atoms with Crippen LogP contribution in [0.5, 0.6) is 0 Å². The van der Waals surface area contributed by atoms with E-state index in [1.54, 1.807) is 11.0 Å². The molecule has 2 aromatic rings. The van der Waals surface area contributed by atoms with Crippen LogP contribution >= 0.6 is 23.7 Å². The van der Waals surface area contributed by atoms with E-state index >= 15 is 0 Å². The van der Waals surface area contributed by atoms with Crippen LogP contribution in [0.4, 0.5) is 0 Å². The third-order valence-corrected chi connectivity index (χ3v) is 6.45. The first kappa shape index (κ1) is 19.7. The van der Waals surface area contributed by atoms with Crippen molar-refractivity contribution in [3.63, 3.8) is 0 Å². The molecule has 0 saturated carbocycles. The van der Waals surface area contributed by atoms with Crippen LogP contribution in [0, 0.1) is 5.41 Å². The van der Waals surface area contributed by atoms with E-state index in [0.717, 1.165) is 23.3 Å². The molecule has 0 aliphatic carbocycles. The number of carbonyl (C=O) groups is 1. The zero-order chi connectivity index (χ0) is 20.4. The van der Waals surface area contributed by atoms with Crippen LogP contribution in [0.2, 0.25) is 0 Å². The first-order valence-corrected chi connectivity index (χ1v) is 11.0. The average Bonchev–Trinajstić information content (AvgIpc) is 3.13. The molecule has 0 atom stereocenters. The molecule has 146 valence electrons. The van der Waals surface area contributed by atoms with Gasteiger partial charge in [0.2, 0.25) is 5.17 Å². The Balaban J connectivity index is 1.55. The first-order chi connectivity index (χ1) is 14.0. The quantitative estimate of drug-likeness (QED) is 0.537. The predicted molar refractivity (Wildman–Crippen MR) is 123 cm³/mol. The van der Waals surface area contributed by atoms with Crippen molar-refractivity contribution in [3.8, 4) is 0 Å². The molecule has 0 bridgehead atoms. The summed E-state index contributed by atoms with van der Waals surface area (Å²) < 4.78 is 4.42. The second-order valence-corrected chi connectivity index (χ2v) is 8.68. The van der Waals surface area contributed by atoms with Gasteiger partial charge in [0.05, 0.1) is 17.5 Å². The summed E-state index contributed by atoms with van der Waals surface area (Å²) in [6, 6.07) is 18.2. The largest absolute Gasteiger partial charge is 0.283 e. The maximum atomic E-state index is 12.5. The zero-order valence-electron chi connectivity index (χ0n) is 16.1. The van der Waals surface area contributed by atoms with E-state index in [4.69, 9.17) is 5.41 Å². The molecular weight excluding hydrogens is 400 g/mol. The number of amides is 1. The summed E-state index contributed by atoms with van der Waals surface area (Å²) in [7, 11) is 0. The van der Waals surface area contributed by atoms with Crippen molar-refractivity contribution in [2.24, 2.45) is 9.39 Å². The molecule has 0 saturated heterocycles. The maximum Gasteiger partial charge on any atom is 0.283 e. The molecule has 0 fully saturated rings. The molecule has 1 amide bonds. The highest BCUT2D eigenvalue weighted by atomic mass is 32.2. The fraction of sp³-hybridized carbons (Fsp3) is 0.182. The van der Waals surface area contributed by atoms with Gasteiger partial charge in [-0.1, -0.05) is 80.2 Å². The second kappa shape index (κ2) is 8.39. The number of nitrogens with one attached hydrogen (secondary N) is 1. The summed E-state index contributed by atoms with van der Waals surface area (Å²) in [6.07, 6.45) is 1.73. The molecular formula is C22H20N4OS2. The topological polar surface area (TPSA) is 68.9 Å². The number of benzene rings is 2. The Labute approximate surface area is 178 Å². The number of nitrogens with zero attached hydrogens (tertiary/aromatic N) is 3. The molecule has 0 aromatic heterocycles. The van der Waals surface area contributed by atoms with Crippen LogP contribution in [0.25, 0.3) is 6.08 Å². The minimum Gasteiger partial charge on any atom is -0.283 e. The summed E-state index contributed by atoms with van der Waals surface area (Å²) in [5.74, 6) is 0.907. The van der Waals surface area contributed by atoms with E-state index < -0.39 is 5.91 Å². The number of thioether (sulfide) groups is 1. The van der Waals surface area contributed by atoms with Crippen molar-refractivity contribution in [1.82, 2.24) is 4.90 Å². The summed E-state index contributed by atoms with van der Waals surface area (Å²) in [5.41, 5.74) is 3.57. The van der Waals surface area contributed by atoms with Gasteiger partial charge in [0.25, 0.3) is 5.91 Å². The Morgan fingerprint density at radius 1 is 1.14 bits per heavy atom. The minimum absolute atomic E-state index is 0.122. The van der Waals surface area contributed by atoms with Gasteiger partial charge in [0.1, 0.15) is 5.84 Å². The summed E-state index contributed by atoms with van der Waals surface area (Å²) in [5, 5.41) is 9.75. The van der Waals surface area contributed by atoms with Crippen molar-refractivity contribution in [1.29, 1.82) is 5.41 Å². The number of aliphatic imine (C=N–C) groups is 1. The fourth-order valence-electron chi connectivity index (χ4n) is 2.96. The molecule has 1 N–H and O–H groups in total. The van der Waals surface area contributed by atoms with Crippen molar-refractivity contribution in [3.05, 3.63) is 76.9 Å². The summed E-state index contributed by atoms with van der Waals surface area (Å²) in [4.78, 5) is 18.3. The second-order valence-electron chi connectivity index (χ2n) is 7.00. The van der Waals surface area contributed by atoms with Crippen LogP contribution in [0.3, 0.4) is 0 Å². The third kappa shape index (κ3) is 4.21. The lowest BCUT2D eigenvalue weighted by Crippen LogP contribution is -2.41. The van der Waals surface area contributed by atoms with Crippen LogP contribution in [-0.2, 0) is 10.5 Å². The number of fused-ring (bicyclic) bond motifs is 1. The van der Waals surface area contributed by atoms with Gasteiger partial charge >= 0.3 is 0 Å². The Morgan fingerprint density at radius 2 is 1.86 bits per heavy atom. The maximum absolute atomic E-state index is 12.5. The molecule has 2 aliphatic heterocycles. The SMILES string of the molecule is CC(C)c1ccc(C=C2C(=N)N3C(SCc4ccccc4)=NSC3=NC2=O)cc1. The van der Waals surface area contributed by atoms with Crippen molar-refractivity contribution < 1.29 is 4.79 Å². The average molecular weight is 421 g/mol. The Kier molecular flexibility index (Phi) is 5.69. The van der Waals surface area contributed by atoms with Crippen LogP contribution < -0.4 is 0 Å². The Hall–Kier alpha value is -2.64. The van der Waals surface area contributed by atoms with Crippen molar-refractivity contribution in [2.45, 2.75) is 25.5 Å². The first-order valence-electron chi connectivity index (χ1n) is 9.28. The third-order valence-electron chi connectivity index (χ3n) is 4.62. The van der Waals surface area contributed by atoms with E-state index in [2.05, 4.69) is 47.5 Å². The Morgan fingerprint density at radius 3 is 2.55 bits per heavy atom. The monoisotopic (exact) mass is 420 g/mol. The van der Waals surface area contributed by atoms with E-state index in [9.17, 15) is 4.79 Å². The summed E-state index contributed by atoms with van der Waals surface area (Å²) >= 11 is 2.68. The van der Waals surface area contributed by atoms with E-state index in [1.165, 1.54) is 22.9 Å². The van der Waals surface area contributed by atoms with Gasteiger partial charge in [-0.3, -0.25) is 10.2 Å². The van der Waals surface area contributed by atoms with Crippen molar-refractivity contribution >= 4 is 51.9 Å². The van der Waals surface area contributed by atoms with Gasteiger partial charge in [-0.05, 0) is 28.7 Å². The van der Waals surface area contributed by atoms with Gasteiger partial charge in [-0.25, -0.2) is 4.90 Å². The van der Waals surface area contributed by atoms with Crippen LogP contribution in [0.15, 0.2) is 69.6 Å².